The van der Waals surface area contributed by atoms with Crippen LogP contribution in [0.15, 0.2) is 48.7 Å². The molecule has 0 aliphatic carbocycles. The molecule has 2 fully saturated rings. The van der Waals surface area contributed by atoms with Gasteiger partial charge >= 0.3 is 0 Å². The fraction of sp³-hybridized carbons (Fsp3) is 0.381. The van der Waals surface area contributed by atoms with Crippen LogP contribution in [0.5, 0.6) is 5.75 Å². The molecule has 0 N–H and O–H groups in total. The van der Waals surface area contributed by atoms with E-state index in [0.717, 1.165) is 17.0 Å². The highest BCUT2D eigenvalue weighted by atomic mass is 16.5. The van der Waals surface area contributed by atoms with Crippen molar-refractivity contribution in [1.29, 1.82) is 0 Å². The van der Waals surface area contributed by atoms with Crippen molar-refractivity contribution in [1.82, 2.24) is 14.8 Å². The van der Waals surface area contributed by atoms with Gasteiger partial charge in [0.2, 0.25) is 11.8 Å². The molecular weight excluding hydrogens is 342 g/mol. The molecule has 140 valence electrons. The SMILES string of the molecule is Cc1ccccc1OC1CN(C(=O)C2CC(=O)N(Cc3ccccn3)C2)C1. The highest BCUT2D eigenvalue weighted by Gasteiger charge is 2.41. The Bertz CT molecular complexity index is 834. The Labute approximate surface area is 158 Å². The Morgan fingerprint density at radius 3 is 2.67 bits per heavy atom. The van der Waals surface area contributed by atoms with Crippen molar-refractivity contribution in [2.45, 2.75) is 26.0 Å². The molecular formula is C21H23N3O3. The van der Waals surface area contributed by atoms with E-state index in [0.29, 0.717) is 26.2 Å². The van der Waals surface area contributed by atoms with E-state index < -0.39 is 0 Å². The third-order valence-corrected chi connectivity index (χ3v) is 5.19. The fourth-order valence-electron chi connectivity index (χ4n) is 3.60. The number of hydrogen-bond donors (Lipinski definition) is 0. The van der Waals surface area contributed by atoms with Gasteiger partial charge in [-0.15, -0.1) is 0 Å². The van der Waals surface area contributed by atoms with E-state index in [1.165, 1.54) is 0 Å². The number of hydrogen-bond acceptors (Lipinski definition) is 4. The zero-order valence-corrected chi connectivity index (χ0v) is 15.4. The van der Waals surface area contributed by atoms with E-state index in [2.05, 4.69) is 4.98 Å². The van der Waals surface area contributed by atoms with Crippen molar-refractivity contribution in [3.63, 3.8) is 0 Å². The van der Waals surface area contributed by atoms with E-state index in [4.69, 9.17) is 4.74 Å². The molecule has 4 rings (SSSR count). The summed E-state index contributed by atoms with van der Waals surface area (Å²) in [5, 5.41) is 0. The molecule has 2 aliphatic heterocycles. The van der Waals surface area contributed by atoms with Crippen LogP contribution in [-0.4, -0.2) is 52.3 Å². The summed E-state index contributed by atoms with van der Waals surface area (Å²) in [6, 6.07) is 13.5. The summed E-state index contributed by atoms with van der Waals surface area (Å²) >= 11 is 0. The first kappa shape index (κ1) is 17.5. The van der Waals surface area contributed by atoms with Crippen LogP contribution >= 0.6 is 0 Å². The minimum atomic E-state index is -0.263. The van der Waals surface area contributed by atoms with Crippen LogP contribution in [0, 0.1) is 12.8 Å². The number of amides is 2. The second kappa shape index (κ2) is 7.39. The van der Waals surface area contributed by atoms with E-state index in [9.17, 15) is 9.59 Å². The standard InChI is InChI=1S/C21H23N3O3/c1-15-6-2-3-8-19(15)27-18-13-24(14-18)21(26)16-10-20(25)23(11-16)12-17-7-4-5-9-22-17/h2-9,16,18H,10-14H2,1H3. The second-order valence-corrected chi connectivity index (χ2v) is 7.24. The molecule has 27 heavy (non-hydrogen) atoms. The number of ether oxygens (including phenoxy) is 1. The maximum Gasteiger partial charge on any atom is 0.228 e. The minimum Gasteiger partial charge on any atom is -0.486 e. The summed E-state index contributed by atoms with van der Waals surface area (Å²) < 4.78 is 5.97. The summed E-state index contributed by atoms with van der Waals surface area (Å²) in [6.07, 6.45) is 2.02. The number of carbonyl (C=O) groups excluding carboxylic acids is 2. The van der Waals surface area contributed by atoms with Crippen molar-refractivity contribution in [2.75, 3.05) is 19.6 Å². The van der Waals surface area contributed by atoms with Crippen molar-refractivity contribution >= 4 is 11.8 Å². The highest BCUT2D eigenvalue weighted by Crippen LogP contribution is 2.26. The van der Waals surface area contributed by atoms with Crippen LogP contribution in [-0.2, 0) is 16.1 Å². The molecule has 0 radical (unpaired) electrons. The third kappa shape index (κ3) is 3.79. The van der Waals surface area contributed by atoms with E-state index in [1.54, 1.807) is 16.0 Å². The van der Waals surface area contributed by atoms with Crippen LogP contribution in [0.2, 0.25) is 0 Å². The van der Waals surface area contributed by atoms with Gasteiger partial charge in [-0.25, -0.2) is 0 Å². The summed E-state index contributed by atoms with van der Waals surface area (Å²) in [5.74, 6) is 0.677. The lowest BCUT2D eigenvalue weighted by Gasteiger charge is -2.40. The summed E-state index contributed by atoms with van der Waals surface area (Å²) in [7, 11) is 0. The van der Waals surface area contributed by atoms with Crippen LogP contribution < -0.4 is 4.74 Å². The number of aryl methyl sites for hydroxylation is 1. The Balaban J connectivity index is 1.28. The van der Waals surface area contributed by atoms with E-state index >= 15 is 0 Å². The zero-order valence-electron chi connectivity index (χ0n) is 15.4. The van der Waals surface area contributed by atoms with Gasteiger partial charge in [0.05, 0.1) is 31.2 Å². The first-order chi connectivity index (χ1) is 13.1. The van der Waals surface area contributed by atoms with Crippen LogP contribution in [0.25, 0.3) is 0 Å². The summed E-state index contributed by atoms with van der Waals surface area (Å²) in [6.45, 7) is 4.10. The number of rotatable bonds is 5. The molecule has 6 heteroatoms. The highest BCUT2D eigenvalue weighted by molar-refractivity contribution is 5.89. The number of para-hydroxylation sites is 1. The van der Waals surface area contributed by atoms with Gasteiger partial charge in [-0.2, -0.15) is 0 Å². The van der Waals surface area contributed by atoms with Crippen molar-refractivity contribution in [3.8, 4) is 5.75 Å². The normalized spacial score (nSPS) is 19.9. The molecule has 2 saturated heterocycles. The van der Waals surface area contributed by atoms with Gasteiger partial charge in [-0.1, -0.05) is 24.3 Å². The molecule has 1 aromatic carbocycles. The molecule has 2 amide bonds. The van der Waals surface area contributed by atoms with Gasteiger partial charge in [0.1, 0.15) is 11.9 Å². The maximum absolute atomic E-state index is 12.7. The van der Waals surface area contributed by atoms with Crippen LogP contribution in [0.3, 0.4) is 0 Å². The lowest BCUT2D eigenvalue weighted by molar-refractivity contribution is -0.144. The Morgan fingerprint density at radius 2 is 1.93 bits per heavy atom. The predicted octanol–water partition coefficient (Wildman–Crippen LogP) is 2.03. The van der Waals surface area contributed by atoms with E-state index in [1.807, 2.05) is 49.4 Å². The lowest BCUT2D eigenvalue weighted by Crippen LogP contribution is -2.57. The van der Waals surface area contributed by atoms with E-state index in [-0.39, 0.29) is 30.3 Å². The third-order valence-electron chi connectivity index (χ3n) is 5.19. The van der Waals surface area contributed by atoms with Crippen LogP contribution in [0.1, 0.15) is 17.7 Å². The predicted molar refractivity (Wildman–Crippen MR) is 99.9 cm³/mol. The topological polar surface area (TPSA) is 62.7 Å². The Hall–Kier alpha value is -2.89. The number of likely N-dealkylation sites (tertiary alicyclic amines) is 2. The molecule has 1 atom stereocenters. The maximum atomic E-state index is 12.7. The molecule has 6 nitrogen and oxygen atoms in total. The Morgan fingerprint density at radius 1 is 1.15 bits per heavy atom. The average Bonchev–Trinajstić information content (AvgIpc) is 3.00. The minimum absolute atomic E-state index is 0.0206. The summed E-state index contributed by atoms with van der Waals surface area (Å²) in [5.41, 5.74) is 1.93. The molecule has 2 aliphatic rings. The molecule has 3 heterocycles. The summed E-state index contributed by atoms with van der Waals surface area (Å²) in [4.78, 5) is 32.8. The number of pyridine rings is 1. The van der Waals surface area contributed by atoms with Gasteiger partial charge in [-0.05, 0) is 30.7 Å². The smallest absolute Gasteiger partial charge is 0.228 e. The average molecular weight is 365 g/mol. The van der Waals surface area contributed by atoms with Crippen molar-refractivity contribution in [3.05, 3.63) is 59.9 Å². The molecule has 1 aromatic heterocycles. The quantitative estimate of drug-likeness (QED) is 0.813. The van der Waals surface area contributed by atoms with Crippen LogP contribution in [0.4, 0.5) is 0 Å². The second-order valence-electron chi connectivity index (χ2n) is 7.24. The van der Waals surface area contributed by atoms with Gasteiger partial charge in [0.15, 0.2) is 0 Å². The number of aromatic nitrogens is 1. The monoisotopic (exact) mass is 365 g/mol. The van der Waals surface area contributed by atoms with Gasteiger partial charge in [-0.3, -0.25) is 14.6 Å². The fourth-order valence-corrected chi connectivity index (χ4v) is 3.60. The van der Waals surface area contributed by atoms with Gasteiger partial charge in [0.25, 0.3) is 0 Å². The Kier molecular flexibility index (Phi) is 4.79. The molecule has 2 aromatic rings. The largest absolute Gasteiger partial charge is 0.486 e. The lowest BCUT2D eigenvalue weighted by atomic mass is 10.0. The first-order valence-electron chi connectivity index (χ1n) is 9.29. The zero-order chi connectivity index (χ0) is 18.8. The van der Waals surface area contributed by atoms with Crippen molar-refractivity contribution in [2.24, 2.45) is 5.92 Å². The van der Waals surface area contributed by atoms with Crippen molar-refractivity contribution < 1.29 is 14.3 Å². The first-order valence-corrected chi connectivity index (χ1v) is 9.29. The molecule has 0 spiro atoms. The van der Waals surface area contributed by atoms with Gasteiger partial charge < -0.3 is 14.5 Å². The molecule has 0 bridgehead atoms. The number of nitrogens with zero attached hydrogens (tertiary/aromatic N) is 3. The molecule has 0 saturated carbocycles. The number of carbonyl (C=O) groups is 2. The number of benzene rings is 1. The van der Waals surface area contributed by atoms with Gasteiger partial charge in [0, 0.05) is 19.2 Å². The molecule has 1 unspecified atom stereocenters.